The summed E-state index contributed by atoms with van der Waals surface area (Å²) in [7, 11) is 1.69. The second-order valence-corrected chi connectivity index (χ2v) is 7.34. The van der Waals surface area contributed by atoms with Crippen molar-refractivity contribution >= 4 is 12.1 Å². The lowest BCUT2D eigenvalue weighted by atomic mass is 10.2. The van der Waals surface area contributed by atoms with Crippen LogP contribution in [-0.4, -0.2) is 93.5 Å². The molecule has 1 heterocycles. The second kappa shape index (κ2) is 12.0. The summed E-state index contributed by atoms with van der Waals surface area (Å²) in [6, 6.07) is 0. The van der Waals surface area contributed by atoms with Crippen molar-refractivity contribution in [2.75, 3.05) is 66.1 Å². The van der Waals surface area contributed by atoms with Crippen LogP contribution in [0.2, 0.25) is 0 Å². The molecule has 1 aliphatic rings. The van der Waals surface area contributed by atoms with Gasteiger partial charge in [0.25, 0.3) is 0 Å². The molecule has 1 fully saturated rings. The Morgan fingerprint density at radius 3 is 2.42 bits per heavy atom. The maximum absolute atomic E-state index is 12.1. The number of piperazine rings is 1. The van der Waals surface area contributed by atoms with Crippen LogP contribution in [0.1, 0.15) is 34.1 Å². The Balaban J connectivity index is 2.24. The monoisotopic (exact) mass is 371 g/mol. The number of nitrogens with one attached hydrogen (secondary N) is 2. The van der Waals surface area contributed by atoms with E-state index in [-0.39, 0.29) is 6.09 Å². The number of aliphatic imine (C=N–C) groups is 1. The topological polar surface area (TPSA) is 78.4 Å². The molecule has 1 rings (SSSR count). The quantitative estimate of drug-likeness (QED) is 0.378. The van der Waals surface area contributed by atoms with Gasteiger partial charge in [0.05, 0.1) is 6.61 Å². The molecule has 0 aromatic carbocycles. The molecule has 0 spiro atoms. The molecule has 26 heavy (non-hydrogen) atoms. The van der Waals surface area contributed by atoms with Gasteiger partial charge in [-0.1, -0.05) is 0 Å². The number of hydrogen-bond acceptors (Lipinski definition) is 5. The lowest BCUT2D eigenvalue weighted by Gasteiger charge is -2.35. The van der Waals surface area contributed by atoms with Crippen LogP contribution in [0.5, 0.6) is 0 Å². The minimum absolute atomic E-state index is 0.209. The zero-order valence-electron chi connectivity index (χ0n) is 17.1. The van der Waals surface area contributed by atoms with Crippen LogP contribution < -0.4 is 10.6 Å². The Bertz CT molecular complexity index is 429. The van der Waals surface area contributed by atoms with E-state index in [1.807, 2.05) is 20.8 Å². The number of methoxy groups -OCH3 is 1. The van der Waals surface area contributed by atoms with Gasteiger partial charge in [-0.05, 0) is 34.1 Å². The largest absolute Gasteiger partial charge is 0.444 e. The molecule has 8 nitrogen and oxygen atoms in total. The van der Waals surface area contributed by atoms with Gasteiger partial charge in [0.1, 0.15) is 5.60 Å². The zero-order valence-corrected chi connectivity index (χ0v) is 17.1. The number of rotatable bonds is 8. The maximum atomic E-state index is 12.1. The van der Waals surface area contributed by atoms with E-state index in [0.717, 1.165) is 64.7 Å². The van der Waals surface area contributed by atoms with Crippen molar-refractivity contribution in [2.45, 2.75) is 39.7 Å². The first kappa shape index (κ1) is 22.5. The fourth-order valence-corrected chi connectivity index (χ4v) is 2.58. The van der Waals surface area contributed by atoms with Crippen molar-refractivity contribution in [3.63, 3.8) is 0 Å². The number of amides is 1. The molecule has 0 radical (unpaired) electrons. The highest BCUT2D eigenvalue weighted by atomic mass is 16.6. The highest BCUT2D eigenvalue weighted by Gasteiger charge is 2.25. The van der Waals surface area contributed by atoms with Gasteiger partial charge in [-0.3, -0.25) is 9.89 Å². The van der Waals surface area contributed by atoms with Gasteiger partial charge in [0.15, 0.2) is 5.96 Å². The Kier molecular flexibility index (Phi) is 10.3. The van der Waals surface area contributed by atoms with E-state index in [4.69, 9.17) is 9.47 Å². The van der Waals surface area contributed by atoms with E-state index in [9.17, 15) is 4.79 Å². The molecule has 0 bridgehead atoms. The van der Waals surface area contributed by atoms with E-state index in [0.29, 0.717) is 6.61 Å². The molecule has 0 aromatic rings. The zero-order chi connectivity index (χ0) is 19.4. The average Bonchev–Trinajstić information content (AvgIpc) is 2.58. The molecular formula is C18H37N5O3. The fraction of sp³-hybridized carbons (Fsp3) is 0.889. The third-order valence-corrected chi connectivity index (χ3v) is 3.87. The normalized spacial score (nSPS) is 16.5. The summed E-state index contributed by atoms with van der Waals surface area (Å²) in [6.07, 6.45) is 0.784. The van der Waals surface area contributed by atoms with Crippen LogP contribution in [0.4, 0.5) is 4.79 Å². The summed E-state index contributed by atoms with van der Waals surface area (Å²) >= 11 is 0. The van der Waals surface area contributed by atoms with Crippen molar-refractivity contribution < 1.29 is 14.3 Å². The Labute approximate surface area is 158 Å². The average molecular weight is 372 g/mol. The Morgan fingerprint density at radius 2 is 1.85 bits per heavy atom. The lowest BCUT2D eigenvalue weighted by molar-refractivity contribution is 0.0145. The molecule has 0 atom stereocenters. The van der Waals surface area contributed by atoms with Crippen molar-refractivity contribution in [1.29, 1.82) is 0 Å². The lowest BCUT2D eigenvalue weighted by Crippen LogP contribution is -2.50. The van der Waals surface area contributed by atoms with Crippen LogP contribution in [0.3, 0.4) is 0 Å². The minimum Gasteiger partial charge on any atom is -0.444 e. The molecule has 0 aliphatic carbocycles. The highest BCUT2D eigenvalue weighted by molar-refractivity contribution is 5.79. The molecule has 1 saturated heterocycles. The summed E-state index contributed by atoms with van der Waals surface area (Å²) in [4.78, 5) is 20.8. The molecular weight excluding hydrogens is 334 g/mol. The van der Waals surface area contributed by atoms with E-state index in [1.54, 1.807) is 12.0 Å². The van der Waals surface area contributed by atoms with Crippen molar-refractivity contribution in [3.8, 4) is 0 Å². The number of carbonyl (C=O) groups excluding carboxylic acids is 1. The molecule has 0 saturated carbocycles. The third kappa shape index (κ3) is 9.82. The Hall–Kier alpha value is -1.54. The van der Waals surface area contributed by atoms with Gasteiger partial charge in [0.2, 0.25) is 0 Å². The van der Waals surface area contributed by atoms with E-state index in [1.165, 1.54) is 0 Å². The van der Waals surface area contributed by atoms with Crippen LogP contribution >= 0.6 is 0 Å². The first-order chi connectivity index (χ1) is 12.4. The predicted octanol–water partition coefficient (Wildman–Crippen LogP) is 1.13. The van der Waals surface area contributed by atoms with Crippen molar-refractivity contribution in [2.24, 2.45) is 4.99 Å². The van der Waals surface area contributed by atoms with Gasteiger partial charge in [-0.25, -0.2) is 4.79 Å². The minimum atomic E-state index is -0.437. The second-order valence-electron chi connectivity index (χ2n) is 7.34. The van der Waals surface area contributed by atoms with Crippen LogP contribution in [0.25, 0.3) is 0 Å². The molecule has 152 valence electrons. The summed E-state index contributed by atoms with van der Waals surface area (Å²) in [5, 5.41) is 6.47. The first-order valence-electron chi connectivity index (χ1n) is 9.57. The van der Waals surface area contributed by atoms with E-state index < -0.39 is 5.60 Å². The summed E-state index contributed by atoms with van der Waals surface area (Å²) in [5.41, 5.74) is -0.437. The highest BCUT2D eigenvalue weighted by Crippen LogP contribution is 2.11. The smallest absolute Gasteiger partial charge is 0.410 e. The van der Waals surface area contributed by atoms with Crippen LogP contribution in [0, 0.1) is 0 Å². The summed E-state index contributed by atoms with van der Waals surface area (Å²) in [5.74, 6) is 0.833. The summed E-state index contributed by atoms with van der Waals surface area (Å²) < 4.78 is 10.5. The molecule has 0 aromatic heterocycles. The number of ether oxygens (including phenoxy) is 2. The number of guanidine groups is 1. The molecule has 0 unspecified atom stereocenters. The van der Waals surface area contributed by atoms with Gasteiger partial charge in [-0.15, -0.1) is 0 Å². The standard InChI is InChI=1S/C18H37N5O3/c1-6-19-16(21-9-15-25-5)20-8-7-10-22-11-13-23(14-12-22)17(24)26-18(2,3)4/h6-15H2,1-5H3,(H2,19,20,21). The fourth-order valence-electron chi connectivity index (χ4n) is 2.58. The van der Waals surface area contributed by atoms with Crippen LogP contribution in [0.15, 0.2) is 4.99 Å². The van der Waals surface area contributed by atoms with Gasteiger partial charge >= 0.3 is 6.09 Å². The molecule has 8 heteroatoms. The van der Waals surface area contributed by atoms with E-state index in [2.05, 4.69) is 27.4 Å². The summed E-state index contributed by atoms with van der Waals surface area (Å²) in [6.45, 7) is 15.0. The predicted molar refractivity (Wildman–Crippen MR) is 105 cm³/mol. The molecule has 1 amide bonds. The van der Waals surface area contributed by atoms with Gasteiger partial charge in [0, 0.05) is 59.5 Å². The Morgan fingerprint density at radius 1 is 1.15 bits per heavy atom. The van der Waals surface area contributed by atoms with Crippen molar-refractivity contribution in [3.05, 3.63) is 0 Å². The number of carbonyl (C=O) groups is 1. The molecule has 2 N–H and O–H groups in total. The third-order valence-electron chi connectivity index (χ3n) is 3.87. The maximum Gasteiger partial charge on any atom is 0.410 e. The number of nitrogens with zero attached hydrogens (tertiary/aromatic N) is 3. The van der Waals surface area contributed by atoms with Crippen molar-refractivity contribution in [1.82, 2.24) is 20.4 Å². The SMILES string of the molecule is CCNC(=NCCCN1CCN(C(=O)OC(C)(C)C)CC1)NCCOC. The first-order valence-corrected chi connectivity index (χ1v) is 9.57. The van der Waals surface area contributed by atoms with Gasteiger partial charge in [-0.2, -0.15) is 0 Å². The van der Waals surface area contributed by atoms with Gasteiger partial charge < -0.3 is 25.0 Å². The number of hydrogen-bond donors (Lipinski definition) is 2. The van der Waals surface area contributed by atoms with Crippen LogP contribution in [-0.2, 0) is 9.47 Å². The van der Waals surface area contributed by atoms with E-state index >= 15 is 0 Å². The molecule has 1 aliphatic heterocycles.